The maximum absolute atomic E-state index is 11.1. The van der Waals surface area contributed by atoms with Gasteiger partial charge in [-0.05, 0) is 19.3 Å². The van der Waals surface area contributed by atoms with Crippen molar-refractivity contribution in [2.24, 2.45) is 5.41 Å². The quantitative estimate of drug-likeness (QED) is 0.624. The van der Waals surface area contributed by atoms with Gasteiger partial charge in [0.05, 0.1) is 0 Å². The third-order valence-corrected chi connectivity index (χ3v) is 2.90. The number of carboxylic acids is 1. The van der Waals surface area contributed by atoms with Crippen LogP contribution >= 0.6 is 0 Å². The van der Waals surface area contributed by atoms with Gasteiger partial charge in [0, 0.05) is 12.1 Å². The molecule has 13 heavy (non-hydrogen) atoms. The predicted molar refractivity (Wildman–Crippen MR) is 44.8 cm³/mol. The molecule has 2 aliphatic rings. The molecule has 0 aromatic heterocycles. The minimum absolute atomic E-state index is 0.0648. The summed E-state index contributed by atoms with van der Waals surface area (Å²) in [6, 6.07) is 0. The first-order valence-electron chi connectivity index (χ1n) is 4.39. The number of hydrogen-bond donors (Lipinski definition) is 2. The summed E-state index contributed by atoms with van der Waals surface area (Å²) in [7, 11) is 0. The molecule has 1 aliphatic heterocycles. The maximum atomic E-state index is 11.1. The monoisotopic (exact) mass is 181 g/mol. The van der Waals surface area contributed by atoms with Crippen LogP contribution in [0.4, 0.5) is 0 Å². The highest BCUT2D eigenvalue weighted by Gasteiger charge is 2.47. The van der Waals surface area contributed by atoms with Crippen LogP contribution in [-0.4, -0.2) is 17.0 Å². The number of hydrogen-bond acceptors (Lipinski definition) is 2. The minimum atomic E-state index is -0.809. The molecule has 1 fully saturated rings. The van der Waals surface area contributed by atoms with Crippen molar-refractivity contribution in [3.05, 3.63) is 11.8 Å². The summed E-state index contributed by atoms with van der Waals surface area (Å²) in [6.07, 6.45) is 3.97. The van der Waals surface area contributed by atoms with Crippen molar-refractivity contribution >= 4 is 11.9 Å². The van der Waals surface area contributed by atoms with E-state index in [-0.39, 0.29) is 5.91 Å². The lowest BCUT2D eigenvalue weighted by Crippen LogP contribution is -2.43. The third-order valence-electron chi connectivity index (χ3n) is 2.90. The zero-order valence-electron chi connectivity index (χ0n) is 7.17. The van der Waals surface area contributed by atoms with E-state index in [4.69, 9.17) is 5.11 Å². The third kappa shape index (κ3) is 1.05. The summed E-state index contributed by atoms with van der Waals surface area (Å²) >= 11 is 0. The molecule has 1 saturated heterocycles. The molecule has 1 heterocycles. The van der Waals surface area contributed by atoms with Crippen LogP contribution in [0.1, 0.15) is 25.7 Å². The van der Waals surface area contributed by atoms with E-state index < -0.39 is 11.4 Å². The highest BCUT2D eigenvalue weighted by molar-refractivity contribution is 5.87. The summed E-state index contributed by atoms with van der Waals surface area (Å²) in [5.74, 6) is -0.874. The lowest BCUT2D eigenvalue weighted by Gasteiger charge is -2.31. The van der Waals surface area contributed by atoms with Gasteiger partial charge in [-0.2, -0.15) is 0 Å². The lowest BCUT2D eigenvalue weighted by atomic mass is 9.78. The Labute approximate surface area is 75.6 Å². The van der Waals surface area contributed by atoms with Crippen LogP contribution in [0.5, 0.6) is 0 Å². The summed E-state index contributed by atoms with van der Waals surface area (Å²) in [4.78, 5) is 22.1. The van der Waals surface area contributed by atoms with E-state index in [9.17, 15) is 9.59 Å². The first-order chi connectivity index (χ1) is 6.15. The van der Waals surface area contributed by atoms with E-state index in [1.807, 2.05) is 6.08 Å². The highest BCUT2D eigenvalue weighted by Crippen LogP contribution is 2.44. The van der Waals surface area contributed by atoms with Gasteiger partial charge in [0.25, 0.3) is 0 Å². The van der Waals surface area contributed by atoms with Gasteiger partial charge in [0.2, 0.25) is 5.91 Å². The Morgan fingerprint density at radius 1 is 1.54 bits per heavy atom. The van der Waals surface area contributed by atoms with Gasteiger partial charge in [-0.15, -0.1) is 0 Å². The van der Waals surface area contributed by atoms with E-state index in [1.165, 1.54) is 0 Å². The molecule has 2 rings (SSSR count). The number of carbonyl (C=O) groups is 2. The van der Waals surface area contributed by atoms with Crippen molar-refractivity contribution < 1.29 is 14.7 Å². The molecule has 4 nitrogen and oxygen atoms in total. The maximum Gasteiger partial charge on any atom is 0.315 e. The van der Waals surface area contributed by atoms with Crippen LogP contribution in [0.3, 0.4) is 0 Å². The van der Waals surface area contributed by atoms with E-state index in [0.717, 1.165) is 6.42 Å². The number of aliphatic carboxylic acids is 1. The molecule has 0 aromatic carbocycles. The molecule has 1 amide bonds. The molecule has 0 aromatic rings. The number of carbonyl (C=O) groups excluding carboxylic acids is 1. The van der Waals surface area contributed by atoms with Crippen LogP contribution < -0.4 is 5.32 Å². The minimum Gasteiger partial charge on any atom is -0.481 e. The fourth-order valence-corrected chi connectivity index (χ4v) is 2.09. The second-order valence-electron chi connectivity index (χ2n) is 3.59. The zero-order valence-corrected chi connectivity index (χ0v) is 7.17. The molecular formula is C9H11NO3. The average Bonchev–Trinajstić information content (AvgIpc) is 2.48. The molecule has 1 atom stereocenters. The Kier molecular flexibility index (Phi) is 1.65. The predicted octanol–water partition coefficient (Wildman–Crippen LogP) is 0.645. The number of nitrogens with one attached hydrogen (secondary N) is 1. The standard InChI is InChI=1S/C9H11NO3/c11-7-3-5-9(8(12)13)4-1-2-6(9)10-7/h2H,1,3-5H2,(H,10,11)(H,12,13)/t9-/m0/s1. The molecule has 0 bridgehead atoms. The molecule has 70 valence electrons. The van der Waals surface area contributed by atoms with E-state index >= 15 is 0 Å². The van der Waals surface area contributed by atoms with Crippen LogP contribution in [0.15, 0.2) is 11.8 Å². The molecule has 1 aliphatic carbocycles. The van der Waals surface area contributed by atoms with Gasteiger partial charge < -0.3 is 10.4 Å². The number of rotatable bonds is 1. The second kappa shape index (κ2) is 2.58. The van der Waals surface area contributed by atoms with Crippen LogP contribution in [0, 0.1) is 5.41 Å². The number of fused-ring (bicyclic) bond motifs is 1. The topological polar surface area (TPSA) is 66.4 Å². The number of carboxylic acid groups (broad SMARTS) is 1. The average molecular weight is 181 g/mol. The van der Waals surface area contributed by atoms with Crippen molar-refractivity contribution in [1.82, 2.24) is 5.32 Å². The van der Waals surface area contributed by atoms with E-state index in [1.54, 1.807) is 0 Å². The summed E-state index contributed by atoms with van der Waals surface area (Å²) in [5.41, 5.74) is -0.176. The van der Waals surface area contributed by atoms with Gasteiger partial charge in [-0.3, -0.25) is 9.59 Å². The van der Waals surface area contributed by atoms with Gasteiger partial charge in [0.15, 0.2) is 0 Å². The zero-order chi connectivity index (χ0) is 9.47. The Balaban J connectivity index is 2.33. The fourth-order valence-electron chi connectivity index (χ4n) is 2.09. The molecule has 0 spiro atoms. The van der Waals surface area contributed by atoms with Crippen molar-refractivity contribution in [3.63, 3.8) is 0 Å². The van der Waals surface area contributed by atoms with Crippen molar-refractivity contribution in [2.75, 3.05) is 0 Å². The van der Waals surface area contributed by atoms with Crippen molar-refractivity contribution in [3.8, 4) is 0 Å². The molecule has 0 unspecified atom stereocenters. The second-order valence-corrected chi connectivity index (χ2v) is 3.59. The molecule has 4 heteroatoms. The fraction of sp³-hybridized carbons (Fsp3) is 0.556. The van der Waals surface area contributed by atoms with Crippen molar-refractivity contribution in [2.45, 2.75) is 25.7 Å². The Hall–Kier alpha value is -1.32. The highest BCUT2D eigenvalue weighted by atomic mass is 16.4. The number of piperidine rings is 1. The van der Waals surface area contributed by atoms with Gasteiger partial charge in [-0.1, -0.05) is 6.08 Å². The molecule has 2 N–H and O–H groups in total. The Morgan fingerprint density at radius 2 is 2.31 bits per heavy atom. The smallest absolute Gasteiger partial charge is 0.315 e. The molecule has 0 radical (unpaired) electrons. The summed E-state index contributed by atoms with van der Waals surface area (Å²) in [6.45, 7) is 0. The number of allylic oxidation sites excluding steroid dienone is 1. The number of amides is 1. The summed E-state index contributed by atoms with van der Waals surface area (Å²) in [5, 5.41) is 11.7. The van der Waals surface area contributed by atoms with Crippen LogP contribution in [-0.2, 0) is 9.59 Å². The lowest BCUT2D eigenvalue weighted by molar-refractivity contribution is -0.148. The van der Waals surface area contributed by atoms with Gasteiger partial charge in [0.1, 0.15) is 5.41 Å². The van der Waals surface area contributed by atoms with E-state index in [2.05, 4.69) is 5.32 Å². The van der Waals surface area contributed by atoms with Gasteiger partial charge in [-0.25, -0.2) is 0 Å². The Morgan fingerprint density at radius 3 is 3.00 bits per heavy atom. The first-order valence-corrected chi connectivity index (χ1v) is 4.39. The largest absolute Gasteiger partial charge is 0.481 e. The van der Waals surface area contributed by atoms with Crippen LogP contribution in [0.25, 0.3) is 0 Å². The normalized spacial score (nSPS) is 32.0. The van der Waals surface area contributed by atoms with Gasteiger partial charge >= 0.3 is 5.97 Å². The molecular weight excluding hydrogens is 170 g/mol. The van der Waals surface area contributed by atoms with E-state index in [0.29, 0.717) is 25.0 Å². The summed E-state index contributed by atoms with van der Waals surface area (Å²) < 4.78 is 0. The van der Waals surface area contributed by atoms with Crippen molar-refractivity contribution in [1.29, 1.82) is 0 Å². The first kappa shape index (κ1) is 8.29. The molecule has 0 saturated carbocycles. The van der Waals surface area contributed by atoms with Crippen LogP contribution in [0.2, 0.25) is 0 Å². The Bertz CT molecular complexity index is 308. The SMILES string of the molecule is O=C1CC[C@@]2(C(=O)O)CCC=C2N1.